The normalized spacial score (nSPS) is 12.1. The number of ether oxygens (including phenoxy) is 1. The zero-order valence-electron chi connectivity index (χ0n) is 22.4. The molecule has 0 fully saturated rings. The fraction of sp³-hybridized carbons (Fsp3) is 0.345. The van der Waals surface area contributed by atoms with Crippen molar-refractivity contribution in [1.82, 2.24) is 14.8 Å². The van der Waals surface area contributed by atoms with Gasteiger partial charge < -0.3 is 14.6 Å². The molecule has 0 bridgehead atoms. The van der Waals surface area contributed by atoms with Crippen molar-refractivity contribution in [2.45, 2.75) is 53.5 Å². The number of carbonyl (C=O) groups is 1. The summed E-state index contributed by atoms with van der Waals surface area (Å²) in [7, 11) is -2.43. The first-order valence-electron chi connectivity index (χ1n) is 12.6. The van der Waals surface area contributed by atoms with Crippen LogP contribution in [0.15, 0.2) is 61.1 Å². The summed E-state index contributed by atoms with van der Waals surface area (Å²) >= 11 is 0. The van der Waals surface area contributed by atoms with Crippen molar-refractivity contribution in [2.24, 2.45) is 0 Å². The molecule has 0 aliphatic carbocycles. The quantitative estimate of drug-likeness (QED) is 0.269. The summed E-state index contributed by atoms with van der Waals surface area (Å²) < 4.78 is 21.4. The highest BCUT2D eigenvalue weighted by Crippen LogP contribution is 2.44. The number of carbonyl (C=O) groups excluding carboxylic acids is 1. The fourth-order valence-electron chi connectivity index (χ4n) is 4.24. The molecule has 4 rings (SSSR count). The third-order valence-electron chi connectivity index (χ3n) is 6.55. The van der Waals surface area contributed by atoms with E-state index >= 15 is 0 Å². The Morgan fingerprint density at radius 1 is 1.05 bits per heavy atom. The van der Waals surface area contributed by atoms with Crippen molar-refractivity contribution < 1.29 is 14.1 Å². The second-order valence-corrected chi connectivity index (χ2v) is 13.9. The van der Waals surface area contributed by atoms with Crippen molar-refractivity contribution in [3.05, 3.63) is 72.2 Å². The number of anilines is 1. The van der Waals surface area contributed by atoms with E-state index in [-0.39, 0.29) is 17.9 Å². The first-order valence-corrected chi connectivity index (χ1v) is 14.7. The number of nitrogens with one attached hydrogen (secondary N) is 1. The van der Waals surface area contributed by atoms with Crippen LogP contribution in [-0.2, 0) is 21.3 Å². The number of hydrogen-bond donors (Lipinski definition) is 1. The van der Waals surface area contributed by atoms with E-state index in [4.69, 9.17) is 4.74 Å². The molecule has 0 atom stereocenters. The molecular weight excluding hydrogens is 483 g/mol. The van der Waals surface area contributed by atoms with E-state index in [1.54, 1.807) is 12.4 Å². The third kappa shape index (κ3) is 5.94. The second kappa shape index (κ2) is 10.5. The average Bonchev–Trinajstić information content (AvgIpc) is 3.34. The van der Waals surface area contributed by atoms with Crippen LogP contribution < -0.4 is 15.4 Å². The van der Waals surface area contributed by atoms with Crippen molar-refractivity contribution >= 4 is 34.9 Å². The number of aromatic nitrogens is 3. The summed E-state index contributed by atoms with van der Waals surface area (Å²) in [6.45, 7) is 12.1. The van der Waals surface area contributed by atoms with E-state index < -0.39 is 7.14 Å². The summed E-state index contributed by atoms with van der Waals surface area (Å²) in [4.78, 5) is 17.1. The van der Waals surface area contributed by atoms with Crippen LogP contribution in [-0.4, -0.2) is 33.0 Å². The Kier molecular flexibility index (Phi) is 7.56. The molecule has 2 aromatic carbocycles. The topological polar surface area (TPSA) is 86.1 Å². The Hall–Kier alpha value is -3.44. The van der Waals surface area contributed by atoms with Gasteiger partial charge in [-0.05, 0) is 69.2 Å². The first kappa shape index (κ1) is 26.6. The van der Waals surface area contributed by atoms with Crippen LogP contribution in [0.25, 0.3) is 10.9 Å². The van der Waals surface area contributed by atoms with Gasteiger partial charge in [-0.15, -0.1) is 0 Å². The minimum Gasteiger partial charge on any atom is -0.456 e. The molecule has 0 radical (unpaired) electrons. The zero-order chi connectivity index (χ0) is 26.8. The van der Waals surface area contributed by atoms with Crippen LogP contribution in [0.5, 0.6) is 11.5 Å². The average molecular weight is 519 g/mol. The lowest BCUT2D eigenvalue weighted by Gasteiger charge is -2.18. The molecular formula is C29H35N4O3P. The highest BCUT2D eigenvalue weighted by atomic mass is 31.2. The lowest BCUT2D eigenvalue weighted by Crippen LogP contribution is -2.22. The number of fused-ring (bicyclic) bond motifs is 1. The Balaban J connectivity index is 1.51. The number of amides is 1. The maximum absolute atomic E-state index is 13.3. The maximum atomic E-state index is 13.3. The van der Waals surface area contributed by atoms with Crippen molar-refractivity contribution in [1.29, 1.82) is 0 Å². The minimum absolute atomic E-state index is 0.106. The van der Waals surface area contributed by atoms with Gasteiger partial charge in [0.1, 0.15) is 18.6 Å². The second-order valence-electron chi connectivity index (χ2n) is 10.3. The van der Waals surface area contributed by atoms with Gasteiger partial charge in [0.2, 0.25) is 5.91 Å². The van der Waals surface area contributed by atoms with Crippen LogP contribution in [0.4, 0.5) is 5.69 Å². The smallest absolute Gasteiger partial charge is 0.228 e. The van der Waals surface area contributed by atoms with Gasteiger partial charge in [0, 0.05) is 35.4 Å². The van der Waals surface area contributed by atoms with Crippen molar-refractivity contribution in [3.63, 3.8) is 0 Å². The predicted molar refractivity (Wildman–Crippen MR) is 151 cm³/mol. The van der Waals surface area contributed by atoms with E-state index in [0.717, 1.165) is 27.3 Å². The maximum Gasteiger partial charge on any atom is 0.228 e. The summed E-state index contributed by atoms with van der Waals surface area (Å²) in [5.41, 5.74) is 3.12. The van der Waals surface area contributed by atoms with Crippen LogP contribution in [0.1, 0.15) is 45.7 Å². The molecule has 2 aromatic heterocycles. The monoisotopic (exact) mass is 518 g/mol. The highest BCUT2D eigenvalue weighted by molar-refractivity contribution is 7.71. The molecule has 0 aliphatic heterocycles. The Labute approximate surface area is 218 Å². The van der Waals surface area contributed by atoms with Gasteiger partial charge in [0.05, 0.1) is 29.4 Å². The van der Waals surface area contributed by atoms with Gasteiger partial charge in [-0.3, -0.25) is 14.5 Å². The summed E-state index contributed by atoms with van der Waals surface area (Å²) in [5.74, 6) is 1.25. The molecule has 0 spiro atoms. The first-order chi connectivity index (χ1) is 17.5. The van der Waals surface area contributed by atoms with Crippen LogP contribution >= 0.6 is 7.14 Å². The Morgan fingerprint density at radius 2 is 1.81 bits per heavy atom. The Morgan fingerprint density at radius 3 is 2.46 bits per heavy atom. The molecule has 0 saturated carbocycles. The molecule has 0 saturated heterocycles. The van der Waals surface area contributed by atoms with Gasteiger partial charge >= 0.3 is 0 Å². The molecule has 1 N–H and O–H groups in total. The molecule has 4 aromatic rings. The number of pyridine rings is 1. The zero-order valence-corrected chi connectivity index (χ0v) is 23.3. The summed E-state index contributed by atoms with van der Waals surface area (Å²) in [6.07, 6.45) is 6.70. The van der Waals surface area contributed by atoms with Crippen molar-refractivity contribution in [3.8, 4) is 11.5 Å². The molecule has 0 aliphatic rings. The van der Waals surface area contributed by atoms with E-state index in [1.165, 1.54) is 0 Å². The molecule has 0 unspecified atom stereocenters. The van der Waals surface area contributed by atoms with Crippen LogP contribution in [0.3, 0.4) is 0 Å². The third-order valence-corrected chi connectivity index (χ3v) is 9.82. The van der Waals surface area contributed by atoms with Crippen LogP contribution in [0.2, 0.25) is 0 Å². The molecule has 8 heteroatoms. The predicted octanol–water partition coefficient (Wildman–Crippen LogP) is 6.50. The number of benzene rings is 2. The molecule has 7 nitrogen and oxygen atoms in total. The number of aryl methyl sites for hydroxylation is 1. The lowest BCUT2D eigenvalue weighted by molar-refractivity contribution is -0.115. The van der Waals surface area contributed by atoms with E-state index in [1.807, 2.05) is 74.1 Å². The van der Waals surface area contributed by atoms with E-state index in [0.29, 0.717) is 29.5 Å². The lowest BCUT2D eigenvalue weighted by atomic mass is 10.1. The van der Waals surface area contributed by atoms with Crippen molar-refractivity contribution in [2.75, 3.05) is 17.6 Å². The van der Waals surface area contributed by atoms with E-state index in [2.05, 4.69) is 36.2 Å². The van der Waals surface area contributed by atoms with Gasteiger partial charge in [0.15, 0.2) is 0 Å². The summed E-state index contributed by atoms with van der Waals surface area (Å²) in [5, 5.41) is 8.94. The van der Waals surface area contributed by atoms with Gasteiger partial charge in [-0.2, -0.15) is 5.10 Å². The molecule has 194 valence electrons. The van der Waals surface area contributed by atoms with E-state index in [9.17, 15) is 9.36 Å². The molecule has 1 amide bonds. The van der Waals surface area contributed by atoms with Crippen LogP contribution in [0, 0.1) is 6.92 Å². The highest BCUT2D eigenvalue weighted by Gasteiger charge is 2.21. The standard InChI is InChI=1S/C29H35N4O3P/c1-7-37(35,8-2)23-10-11-25-24(17-23)27(13-14-30-25)36-26-12-9-21(15-20(26)3)16-28(34)32-22-18-31-33(19-22)29(4,5)6/h9-15,17-19H,7-8,16H2,1-6H3,(H,32,34). The molecule has 2 heterocycles. The Bertz CT molecular complexity index is 1480. The minimum atomic E-state index is -2.43. The van der Waals surface area contributed by atoms with Gasteiger partial charge in [0.25, 0.3) is 0 Å². The molecule has 37 heavy (non-hydrogen) atoms. The number of rotatable bonds is 8. The number of nitrogens with zero attached hydrogens (tertiary/aromatic N) is 3. The fourth-order valence-corrected chi connectivity index (χ4v) is 6.13. The summed E-state index contributed by atoms with van der Waals surface area (Å²) in [6, 6.07) is 13.4. The van der Waals surface area contributed by atoms with Gasteiger partial charge in [-0.25, -0.2) is 0 Å². The SMILES string of the molecule is CCP(=O)(CC)c1ccc2nccc(Oc3ccc(CC(=O)Nc4cnn(C(C)(C)C)c4)cc3C)c2c1. The number of hydrogen-bond acceptors (Lipinski definition) is 5. The van der Waals surface area contributed by atoms with Gasteiger partial charge in [-0.1, -0.05) is 26.0 Å². The largest absolute Gasteiger partial charge is 0.456 e.